The van der Waals surface area contributed by atoms with E-state index in [9.17, 15) is 9.90 Å². The lowest BCUT2D eigenvalue weighted by Crippen LogP contribution is -2.53. The third-order valence-electron chi connectivity index (χ3n) is 5.16. The summed E-state index contributed by atoms with van der Waals surface area (Å²) in [6.45, 7) is 0.585. The highest BCUT2D eigenvalue weighted by atomic mass is 16.5. The molecule has 126 valence electrons. The summed E-state index contributed by atoms with van der Waals surface area (Å²) < 4.78 is 5.52. The molecule has 2 N–H and O–H groups in total. The van der Waals surface area contributed by atoms with Crippen LogP contribution >= 0.6 is 0 Å². The highest BCUT2D eigenvalue weighted by Gasteiger charge is 2.33. The number of carbonyl (C=O) groups excluding carboxylic acids is 1. The molecule has 0 unspecified atom stereocenters. The first kappa shape index (κ1) is 16.3. The van der Waals surface area contributed by atoms with Crippen molar-refractivity contribution in [2.75, 3.05) is 20.3 Å². The summed E-state index contributed by atoms with van der Waals surface area (Å²) in [5, 5.41) is 13.0. The normalized spacial score (nSPS) is 27.4. The first-order chi connectivity index (χ1) is 11.2. The van der Waals surface area contributed by atoms with Gasteiger partial charge in [0.2, 0.25) is 0 Å². The van der Waals surface area contributed by atoms with E-state index in [1.165, 1.54) is 5.56 Å². The summed E-state index contributed by atoms with van der Waals surface area (Å²) in [5.74, 6) is 0. The van der Waals surface area contributed by atoms with Gasteiger partial charge in [-0.3, -0.25) is 0 Å². The number of hydrogen-bond acceptors (Lipinski definition) is 3. The van der Waals surface area contributed by atoms with E-state index in [0.717, 1.165) is 37.7 Å². The molecule has 1 saturated carbocycles. The summed E-state index contributed by atoms with van der Waals surface area (Å²) >= 11 is 0. The molecule has 5 nitrogen and oxygen atoms in total. The fraction of sp³-hybridized carbons (Fsp3) is 0.611. The van der Waals surface area contributed by atoms with Gasteiger partial charge in [-0.15, -0.1) is 0 Å². The molecule has 1 aromatic rings. The molecule has 3 atom stereocenters. The molecular formula is C18H26N2O3. The number of hydrogen-bond donors (Lipinski definition) is 2. The maximum Gasteiger partial charge on any atom is 0.318 e. The van der Waals surface area contributed by atoms with Gasteiger partial charge in [-0.25, -0.2) is 4.79 Å². The van der Waals surface area contributed by atoms with Crippen LogP contribution in [0.15, 0.2) is 24.3 Å². The van der Waals surface area contributed by atoms with E-state index in [1.54, 1.807) is 12.0 Å². The number of carbonyl (C=O) groups is 1. The van der Waals surface area contributed by atoms with Crippen LogP contribution in [-0.4, -0.2) is 48.4 Å². The Labute approximate surface area is 137 Å². The lowest BCUT2D eigenvalue weighted by atomic mass is 9.91. The van der Waals surface area contributed by atoms with Gasteiger partial charge in [0.05, 0.1) is 24.8 Å². The second-order valence-corrected chi connectivity index (χ2v) is 6.46. The molecule has 0 saturated heterocycles. The number of nitrogens with one attached hydrogen (secondary N) is 1. The SMILES string of the molecule is CO[C@@H]1CCCC[C@H]1NC(=O)N1CCc2ccccc2[C@@H]1CO. The van der Waals surface area contributed by atoms with Crippen molar-refractivity contribution in [3.05, 3.63) is 35.4 Å². The minimum Gasteiger partial charge on any atom is -0.394 e. The molecule has 1 heterocycles. The number of benzene rings is 1. The third-order valence-corrected chi connectivity index (χ3v) is 5.16. The van der Waals surface area contributed by atoms with Crippen LogP contribution < -0.4 is 5.32 Å². The van der Waals surface area contributed by atoms with E-state index < -0.39 is 0 Å². The molecule has 1 fully saturated rings. The van der Waals surface area contributed by atoms with Gasteiger partial charge in [-0.2, -0.15) is 0 Å². The molecule has 0 radical (unpaired) electrons. The van der Waals surface area contributed by atoms with Crippen LogP contribution in [0.3, 0.4) is 0 Å². The van der Waals surface area contributed by atoms with Crippen molar-refractivity contribution in [1.29, 1.82) is 0 Å². The standard InChI is InChI=1S/C18H26N2O3/c1-23-17-9-5-4-8-15(17)19-18(22)20-11-10-13-6-2-3-7-14(13)16(20)12-21/h2-3,6-7,15-17,21H,4-5,8-12H2,1H3,(H,19,22)/t15-,16+,17-/m1/s1. The zero-order valence-corrected chi connectivity index (χ0v) is 13.7. The van der Waals surface area contributed by atoms with Crippen molar-refractivity contribution in [2.24, 2.45) is 0 Å². The van der Waals surface area contributed by atoms with E-state index in [-0.39, 0.29) is 30.8 Å². The highest BCUT2D eigenvalue weighted by molar-refractivity contribution is 5.75. The summed E-state index contributed by atoms with van der Waals surface area (Å²) in [7, 11) is 1.71. The Bertz CT molecular complexity index is 549. The molecule has 1 aromatic carbocycles. The molecule has 2 amide bonds. The van der Waals surface area contributed by atoms with Crippen LogP contribution in [0.4, 0.5) is 4.79 Å². The molecular weight excluding hydrogens is 292 g/mol. The van der Waals surface area contributed by atoms with Crippen LogP contribution in [-0.2, 0) is 11.2 Å². The molecule has 1 aliphatic heterocycles. The highest BCUT2D eigenvalue weighted by Crippen LogP contribution is 2.30. The van der Waals surface area contributed by atoms with E-state index in [2.05, 4.69) is 11.4 Å². The molecule has 3 rings (SSSR count). The Morgan fingerprint density at radius 2 is 2.13 bits per heavy atom. The monoisotopic (exact) mass is 318 g/mol. The van der Waals surface area contributed by atoms with Crippen molar-refractivity contribution >= 4 is 6.03 Å². The number of methoxy groups -OCH3 is 1. The van der Waals surface area contributed by atoms with Crippen molar-refractivity contribution in [2.45, 2.75) is 50.3 Å². The molecule has 23 heavy (non-hydrogen) atoms. The number of urea groups is 1. The molecule has 1 aliphatic carbocycles. The molecule has 0 spiro atoms. The number of ether oxygens (including phenoxy) is 1. The average molecular weight is 318 g/mol. The van der Waals surface area contributed by atoms with Gasteiger partial charge in [0.1, 0.15) is 0 Å². The molecule has 2 aliphatic rings. The van der Waals surface area contributed by atoms with Gasteiger partial charge in [0.25, 0.3) is 0 Å². The first-order valence-corrected chi connectivity index (χ1v) is 8.53. The Balaban J connectivity index is 1.72. The van der Waals surface area contributed by atoms with Gasteiger partial charge in [0, 0.05) is 13.7 Å². The predicted molar refractivity (Wildman–Crippen MR) is 88.3 cm³/mol. The summed E-state index contributed by atoms with van der Waals surface area (Å²) in [6, 6.07) is 7.78. The quantitative estimate of drug-likeness (QED) is 0.898. The predicted octanol–water partition coefficient (Wildman–Crippen LogP) is 2.25. The van der Waals surface area contributed by atoms with Crippen molar-refractivity contribution in [3.8, 4) is 0 Å². The van der Waals surface area contributed by atoms with Crippen LogP contribution in [0.2, 0.25) is 0 Å². The van der Waals surface area contributed by atoms with Crippen molar-refractivity contribution in [3.63, 3.8) is 0 Å². The summed E-state index contributed by atoms with van der Waals surface area (Å²) in [5.41, 5.74) is 2.28. The zero-order chi connectivity index (χ0) is 16.2. The summed E-state index contributed by atoms with van der Waals surface area (Å²) in [6.07, 6.45) is 5.15. The van der Waals surface area contributed by atoms with Crippen LogP contribution in [0.5, 0.6) is 0 Å². The Hall–Kier alpha value is -1.59. The number of amides is 2. The summed E-state index contributed by atoms with van der Waals surface area (Å²) in [4.78, 5) is 14.5. The third kappa shape index (κ3) is 3.35. The Morgan fingerprint density at radius 1 is 1.35 bits per heavy atom. The number of aliphatic hydroxyl groups excluding tert-OH is 1. The van der Waals surface area contributed by atoms with Gasteiger partial charge < -0.3 is 20.1 Å². The van der Waals surface area contributed by atoms with Crippen LogP contribution in [0.1, 0.15) is 42.9 Å². The second kappa shape index (κ2) is 7.32. The van der Waals surface area contributed by atoms with Crippen molar-refractivity contribution < 1.29 is 14.6 Å². The van der Waals surface area contributed by atoms with Gasteiger partial charge >= 0.3 is 6.03 Å². The lowest BCUT2D eigenvalue weighted by molar-refractivity contribution is 0.0406. The van der Waals surface area contributed by atoms with E-state index in [1.807, 2.05) is 18.2 Å². The number of nitrogens with zero attached hydrogens (tertiary/aromatic N) is 1. The molecule has 0 bridgehead atoms. The molecule has 0 aromatic heterocycles. The number of aliphatic hydroxyl groups is 1. The van der Waals surface area contributed by atoms with Gasteiger partial charge in [-0.1, -0.05) is 37.1 Å². The zero-order valence-electron chi connectivity index (χ0n) is 13.7. The minimum atomic E-state index is -0.260. The van der Waals surface area contributed by atoms with Gasteiger partial charge in [-0.05, 0) is 30.4 Å². The minimum absolute atomic E-state index is 0.0528. The van der Waals surface area contributed by atoms with E-state index >= 15 is 0 Å². The van der Waals surface area contributed by atoms with Gasteiger partial charge in [0.15, 0.2) is 0 Å². The van der Waals surface area contributed by atoms with Crippen LogP contribution in [0, 0.1) is 0 Å². The maximum absolute atomic E-state index is 12.8. The second-order valence-electron chi connectivity index (χ2n) is 6.46. The Kier molecular flexibility index (Phi) is 5.18. The van der Waals surface area contributed by atoms with E-state index in [0.29, 0.717) is 6.54 Å². The number of rotatable bonds is 3. The fourth-order valence-electron chi connectivity index (χ4n) is 3.88. The average Bonchev–Trinajstić information content (AvgIpc) is 2.61. The first-order valence-electron chi connectivity index (χ1n) is 8.53. The smallest absolute Gasteiger partial charge is 0.318 e. The van der Waals surface area contributed by atoms with Crippen molar-refractivity contribution in [1.82, 2.24) is 10.2 Å². The topological polar surface area (TPSA) is 61.8 Å². The largest absolute Gasteiger partial charge is 0.394 e. The van der Waals surface area contributed by atoms with E-state index in [4.69, 9.17) is 4.74 Å². The van der Waals surface area contributed by atoms with Crippen LogP contribution in [0.25, 0.3) is 0 Å². The fourth-order valence-corrected chi connectivity index (χ4v) is 3.88. The number of fused-ring (bicyclic) bond motifs is 1. The lowest BCUT2D eigenvalue weighted by Gasteiger charge is -2.39. The Morgan fingerprint density at radius 3 is 2.91 bits per heavy atom. The maximum atomic E-state index is 12.8. The molecule has 5 heteroatoms.